The molecule has 1 aromatic heterocycles. The topological polar surface area (TPSA) is 96.0 Å². The maximum atomic E-state index is 12.8. The zero-order valence-corrected chi connectivity index (χ0v) is 16.5. The second-order valence-corrected chi connectivity index (χ2v) is 6.97. The molecular formula is C19H19N3O5S. The number of rotatable bonds is 6. The number of nitrogens with zero attached hydrogens (tertiary/aromatic N) is 3. The van der Waals surface area contributed by atoms with Gasteiger partial charge < -0.3 is 14.0 Å². The van der Waals surface area contributed by atoms with Crippen molar-refractivity contribution in [2.75, 3.05) is 14.2 Å². The Morgan fingerprint density at radius 3 is 2.43 bits per heavy atom. The van der Waals surface area contributed by atoms with E-state index in [4.69, 9.17) is 9.47 Å². The average Bonchev–Trinajstić information content (AvgIpc) is 3.04. The molecule has 0 unspecified atom stereocenters. The van der Waals surface area contributed by atoms with Crippen LogP contribution in [0.15, 0.2) is 41.4 Å². The van der Waals surface area contributed by atoms with E-state index in [1.54, 1.807) is 24.3 Å². The summed E-state index contributed by atoms with van der Waals surface area (Å²) >= 11 is 1.25. The minimum absolute atomic E-state index is 0.00723. The Hall–Kier alpha value is -3.20. The largest absolute Gasteiger partial charge is 0.497 e. The van der Waals surface area contributed by atoms with Crippen LogP contribution in [-0.4, -0.2) is 29.6 Å². The average molecular weight is 401 g/mol. The molecule has 8 nitrogen and oxygen atoms in total. The van der Waals surface area contributed by atoms with Crippen LogP contribution in [0.25, 0.3) is 10.2 Å². The van der Waals surface area contributed by atoms with E-state index < -0.39 is 10.8 Å². The maximum Gasteiger partial charge on any atom is 0.279 e. The maximum absolute atomic E-state index is 12.8. The number of nitro groups is 1. The van der Waals surface area contributed by atoms with Crippen molar-refractivity contribution >= 4 is 33.1 Å². The van der Waals surface area contributed by atoms with Gasteiger partial charge in [0.05, 0.1) is 29.4 Å². The van der Waals surface area contributed by atoms with E-state index in [0.717, 1.165) is 11.9 Å². The number of hydrogen-bond acceptors (Lipinski definition) is 6. The van der Waals surface area contributed by atoms with Gasteiger partial charge in [-0.15, -0.1) is 0 Å². The Balaban J connectivity index is 2.13. The van der Waals surface area contributed by atoms with Gasteiger partial charge in [-0.3, -0.25) is 14.9 Å². The highest BCUT2D eigenvalue weighted by atomic mass is 32.1. The molecule has 3 rings (SSSR count). The summed E-state index contributed by atoms with van der Waals surface area (Å²) in [5.74, 6) is 0.542. The van der Waals surface area contributed by atoms with Gasteiger partial charge in [-0.1, -0.05) is 18.3 Å². The number of ether oxygens (including phenoxy) is 2. The van der Waals surface area contributed by atoms with Crippen molar-refractivity contribution in [1.82, 2.24) is 4.57 Å². The minimum Gasteiger partial charge on any atom is -0.497 e. The Morgan fingerprint density at radius 1 is 1.18 bits per heavy atom. The van der Waals surface area contributed by atoms with Crippen molar-refractivity contribution in [2.45, 2.75) is 19.9 Å². The zero-order valence-electron chi connectivity index (χ0n) is 15.7. The zero-order chi connectivity index (χ0) is 20.3. The first-order valence-electron chi connectivity index (χ1n) is 8.56. The number of benzene rings is 2. The van der Waals surface area contributed by atoms with E-state index >= 15 is 0 Å². The summed E-state index contributed by atoms with van der Waals surface area (Å²) in [6.07, 6.45) is 0.831. The number of amides is 1. The molecule has 1 amide bonds. The molecule has 0 bridgehead atoms. The second-order valence-electron chi connectivity index (χ2n) is 5.96. The number of nitro benzene ring substituents is 1. The third kappa shape index (κ3) is 3.89. The molecule has 28 heavy (non-hydrogen) atoms. The van der Waals surface area contributed by atoms with E-state index in [-0.39, 0.29) is 5.69 Å². The lowest BCUT2D eigenvalue weighted by atomic mass is 10.2. The van der Waals surface area contributed by atoms with Crippen LogP contribution in [0.5, 0.6) is 11.5 Å². The molecule has 3 aromatic rings. The van der Waals surface area contributed by atoms with E-state index in [9.17, 15) is 14.9 Å². The molecule has 146 valence electrons. The van der Waals surface area contributed by atoms with Crippen LogP contribution in [0.3, 0.4) is 0 Å². The third-order valence-electron chi connectivity index (χ3n) is 4.12. The molecule has 1 heterocycles. The van der Waals surface area contributed by atoms with Crippen molar-refractivity contribution in [1.29, 1.82) is 0 Å². The van der Waals surface area contributed by atoms with Gasteiger partial charge in [0.25, 0.3) is 11.6 Å². The number of carbonyl (C=O) groups excluding carboxylic acids is 1. The summed E-state index contributed by atoms with van der Waals surface area (Å²) in [5.41, 5.74) is 1.16. The van der Waals surface area contributed by atoms with E-state index in [2.05, 4.69) is 4.99 Å². The Bertz CT molecular complexity index is 1090. The quantitative estimate of drug-likeness (QED) is 0.463. The number of aromatic nitrogens is 1. The van der Waals surface area contributed by atoms with E-state index in [1.165, 1.54) is 37.7 Å². The van der Waals surface area contributed by atoms with Crippen molar-refractivity contribution in [3.8, 4) is 11.5 Å². The third-order valence-corrected chi connectivity index (χ3v) is 5.16. The summed E-state index contributed by atoms with van der Waals surface area (Å²) in [5, 5.41) is 11.0. The molecule has 0 saturated heterocycles. The second kappa shape index (κ2) is 8.22. The van der Waals surface area contributed by atoms with Crippen LogP contribution in [-0.2, 0) is 6.54 Å². The number of methoxy groups -OCH3 is 2. The number of aryl methyl sites for hydroxylation is 1. The van der Waals surface area contributed by atoms with E-state index in [0.29, 0.717) is 33.1 Å². The first kappa shape index (κ1) is 19.6. The van der Waals surface area contributed by atoms with Crippen LogP contribution >= 0.6 is 11.3 Å². The van der Waals surface area contributed by atoms with Crippen molar-refractivity contribution < 1.29 is 19.2 Å². The van der Waals surface area contributed by atoms with Gasteiger partial charge in [-0.05, 0) is 24.6 Å². The molecule has 0 aliphatic rings. The molecule has 0 aliphatic heterocycles. The minimum atomic E-state index is -0.442. The molecule has 0 fully saturated rings. The lowest BCUT2D eigenvalue weighted by Gasteiger charge is -2.06. The van der Waals surface area contributed by atoms with Crippen LogP contribution in [0.1, 0.15) is 23.7 Å². The summed E-state index contributed by atoms with van der Waals surface area (Å²) in [4.78, 5) is 28.1. The van der Waals surface area contributed by atoms with Gasteiger partial charge in [0.1, 0.15) is 11.5 Å². The Labute approximate surface area is 164 Å². The lowest BCUT2D eigenvalue weighted by molar-refractivity contribution is -0.384. The van der Waals surface area contributed by atoms with Crippen LogP contribution < -0.4 is 14.3 Å². The van der Waals surface area contributed by atoms with Gasteiger partial charge in [0.15, 0.2) is 4.80 Å². The fourth-order valence-corrected chi connectivity index (χ4v) is 3.87. The molecular weight excluding hydrogens is 382 g/mol. The highest BCUT2D eigenvalue weighted by molar-refractivity contribution is 7.16. The predicted molar refractivity (Wildman–Crippen MR) is 106 cm³/mol. The Kier molecular flexibility index (Phi) is 5.74. The highest BCUT2D eigenvalue weighted by Crippen LogP contribution is 2.25. The summed E-state index contributed by atoms with van der Waals surface area (Å²) in [7, 11) is 3.02. The van der Waals surface area contributed by atoms with Crippen LogP contribution in [0.2, 0.25) is 0 Å². The molecule has 0 N–H and O–H groups in total. The van der Waals surface area contributed by atoms with Crippen LogP contribution in [0, 0.1) is 10.1 Å². The first-order chi connectivity index (χ1) is 13.5. The standard InChI is InChI=1S/C19H19N3O5S/c1-4-7-21-16-6-5-13(22(24)25)10-17(16)28-19(21)20-18(23)12-8-14(26-2)11-15(9-12)27-3/h5-6,8-11H,4,7H2,1-3H3. The Morgan fingerprint density at radius 2 is 1.86 bits per heavy atom. The van der Waals surface area contributed by atoms with Gasteiger partial charge >= 0.3 is 0 Å². The fraction of sp³-hybridized carbons (Fsp3) is 0.263. The molecule has 0 atom stereocenters. The summed E-state index contributed by atoms with van der Waals surface area (Å²) < 4.78 is 13.0. The SMILES string of the molecule is CCCn1c(=NC(=O)c2cc(OC)cc(OC)c2)sc2cc([N+](=O)[O-])ccc21. The fourth-order valence-electron chi connectivity index (χ4n) is 2.78. The summed E-state index contributed by atoms with van der Waals surface area (Å²) in [6, 6.07) is 9.52. The lowest BCUT2D eigenvalue weighted by Crippen LogP contribution is -2.16. The first-order valence-corrected chi connectivity index (χ1v) is 9.38. The number of fused-ring (bicyclic) bond motifs is 1. The molecule has 0 radical (unpaired) electrons. The number of hydrogen-bond donors (Lipinski definition) is 0. The predicted octanol–water partition coefficient (Wildman–Crippen LogP) is 3.78. The van der Waals surface area contributed by atoms with Gasteiger partial charge in [0, 0.05) is 30.3 Å². The molecule has 0 spiro atoms. The molecule has 0 saturated carbocycles. The smallest absolute Gasteiger partial charge is 0.279 e. The van der Waals surface area contributed by atoms with E-state index in [1.807, 2.05) is 11.5 Å². The normalized spacial score (nSPS) is 11.6. The van der Waals surface area contributed by atoms with Gasteiger partial charge in [-0.2, -0.15) is 4.99 Å². The molecule has 9 heteroatoms. The van der Waals surface area contributed by atoms with Gasteiger partial charge in [-0.25, -0.2) is 0 Å². The monoisotopic (exact) mass is 401 g/mol. The molecule has 2 aromatic carbocycles. The van der Waals surface area contributed by atoms with Gasteiger partial charge in [0.2, 0.25) is 0 Å². The van der Waals surface area contributed by atoms with Crippen molar-refractivity contribution in [3.63, 3.8) is 0 Å². The van der Waals surface area contributed by atoms with Crippen molar-refractivity contribution in [2.24, 2.45) is 4.99 Å². The number of carbonyl (C=O) groups is 1. The molecule has 0 aliphatic carbocycles. The van der Waals surface area contributed by atoms with Crippen molar-refractivity contribution in [3.05, 3.63) is 56.9 Å². The summed E-state index contributed by atoms with van der Waals surface area (Å²) in [6.45, 7) is 2.66. The number of non-ortho nitro benzene ring substituents is 1. The number of thiazole rings is 1. The highest BCUT2D eigenvalue weighted by Gasteiger charge is 2.14. The van der Waals surface area contributed by atoms with Crippen LogP contribution in [0.4, 0.5) is 5.69 Å².